The molecule has 3 heterocycles. The number of pyridine rings is 2. The summed E-state index contributed by atoms with van der Waals surface area (Å²) < 4.78 is 22.1. The molecule has 37 heavy (non-hydrogen) atoms. The molecule has 192 valence electrons. The second-order valence-electron chi connectivity index (χ2n) is 10.6. The molecule has 0 radical (unpaired) electrons. The van der Waals surface area contributed by atoms with Gasteiger partial charge < -0.3 is 20.7 Å². The van der Waals surface area contributed by atoms with Gasteiger partial charge in [0, 0.05) is 18.4 Å². The van der Waals surface area contributed by atoms with Gasteiger partial charge >= 0.3 is 6.09 Å². The van der Waals surface area contributed by atoms with Crippen LogP contribution in [0, 0.1) is 29.0 Å². The molecule has 2 fully saturated rings. The number of nitrogens with one attached hydrogen (secondary N) is 3. The minimum atomic E-state index is -0.639. The van der Waals surface area contributed by atoms with Crippen LogP contribution in [0.2, 0.25) is 0 Å². The number of carbonyl (C=O) groups is 1. The molecular formula is C26H29FN8O2. The lowest BCUT2D eigenvalue weighted by Gasteiger charge is -2.33. The molecule has 3 aromatic rings. The number of hydrogen-bond acceptors (Lipinski definition) is 8. The number of hydrogen-bond donors (Lipinski definition) is 3. The summed E-state index contributed by atoms with van der Waals surface area (Å²) in [7, 11) is 0. The minimum Gasteiger partial charge on any atom is -0.444 e. The summed E-state index contributed by atoms with van der Waals surface area (Å²) in [6, 6.07) is 6.28. The molecule has 2 aliphatic rings. The van der Waals surface area contributed by atoms with Crippen molar-refractivity contribution >= 4 is 23.4 Å². The fourth-order valence-electron chi connectivity index (χ4n) is 4.77. The van der Waals surface area contributed by atoms with Crippen LogP contribution in [-0.2, 0) is 4.74 Å². The molecular weight excluding hydrogens is 475 g/mol. The average Bonchev–Trinajstić information content (AvgIpc) is 3.35. The van der Waals surface area contributed by atoms with Crippen molar-refractivity contribution < 1.29 is 13.9 Å². The molecule has 0 aliphatic heterocycles. The molecule has 0 saturated heterocycles. The summed E-state index contributed by atoms with van der Waals surface area (Å²) in [4.78, 5) is 21.1. The van der Waals surface area contributed by atoms with Crippen LogP contribution in [0.15, 0.2) is 43.0 Å². The summed E-state index contributed by atoms with van der Waals surface area (Å²) >= 11 is 0. The molecule has 10 nitrogen and oxygen atoms in total. The monoisotopic (exact) mass is 504 g/mol. The van der Waals surface area contributed by atoms with Gasteiger partial charge in [-0.1, -0.05) is 0 Å². The van der Waals surface area contributed by atoms with E-state index in [4.69, 9.17) is 4.74 Å². The Bertz CT molecular complexity index is 1330. The number of fused-ring (bicyclic) bond motifs is 1. The number of aromatic nitrogens is 4. The van der Waals surface area contributed by atoms with Crippen LogP contribution in [-0.4, -0.2) is 43.5 Å². The highest BCUT2D eigenvalue weighted by Gasteiger charge is 2.47. The van der Waals surface area contributed by atoms with Gasteiger partial charge in [0.1, 0.15) is 11.7 Å². The van der Waals surface area contributed by atoms with E-state index < -0.39 is 17.5 Å². The van der Waals surface area contributed by atoms with Crippen molar-refractivity contribution in [3.8, 4) is 11.8 Å². The van der Waals surface area contributed by atoms with Gasteiger partial charge in [-0.2, -0.15) is 10.4 Å². The average molecular weight is 505 g/mol. The van der Waals surface area contributed by atoms with Gasteiger partial charge in [0.05, 0.1) is 35.4 Å². The largest absolute Gasteiger partial charge is 0.444 e. The zero-order chi connectivity index (χ0) is 26.2. The van der Waals surface area contributed by atoms with Gasteiger partial charge in [0.2, 0.25) is 0 Å². The van der Waals surface area contributed by atoms with E-state index in [1.54, 1.807) is 41.6 Å². The Morgan fingerprint density at radius 2 is 1.95 bits per heavy atom. The molecule has 0 bridgehead atoms. The molecule has 3 N–H and O–H groups in total. The quantitative estimate of drug-likeness (QED) is 0.447. The van der Waals surface area contributed by atoms with Crippen LogP contribution in [0.5, 0.6) is 0 Å². The SMILES string of the molecule is CC(C)(C)OC(=O)N[C@@H]1CC2CC2C[C@@H]1Nc1nc(Nc2cncc(-n3cccn3)c2)c(C#N)cc1F. The molecule has 2 aliphatic carbocycles. The third kappa shape index (κ3) is 5.80. The number of anilines is 3. The predicted molar refractivity (Wildman–Crippen MR) is 135 cm³/mol. The number of halogens is 1. The molecule has 5 rings (SSSR count). The molecule has 1 amide bonds. The Kier molecular flexibility index (Phi) is 6.41. The number of ether oxygens (including phenoxy) is 1. The first-order chi connectivity index (χ1) is 17.7. The first-order valence-electron chi connectivity index (χ1n) is 12.3. The number of alkyl carbamates (subject to hydrolysis) is 1. The fourth-order valence-corrected chi connectivity index (χ4v) is 4.77. The fraction of sp³-hybridized carbons (Fsp3) is 0.423. The third-order valence-electron chi connectivity index (χ3n) is 6.54. The van der Waals surface area contributed by atoms with Crippen LogP contribution in [0.1, 0.15) is 45.6 Å². The molecule has 0 aromatic carbocycles. The Hall–Kier alpha value is -4.20. The first kappa shape index (κ1) is 24.5. The minimum absolute atomic E-state index is 0.0118. The van der Waals surface area contributed by atoms with Gasteiger partial charge in [0.25, 0.3) is 0 Å². The summed E-state index contributed by atoms with van der Waals surface area (Å²) in [5.74, 6) is 0.674. The second kappa shape index (κ2) is 9.69. The highest BCUT2D eigenvalue weighted by Crippen LogP contribution is 2.50. The predicted octanol–water partition coefficient (Wildman–Crippen LogP) is 4.52. The van der Waals surface area contributed by atoms with Crippen molar-refractivity contribution in [1.82, 2.24) is 25.1 Å². The number of carbonyl (C=O) groups excluding carboxylic acids is 1. The number of nitriles is 1. The maximum Gasteiger partial charge on any atom is 0.407 e. The maximum absolute atomic E-state index is 15.0. The van der Waals surface area contributed by atoms with Crippen molar-refractivity contribution in [3.63, 3.8) is 0 Å². The van der Waals surface area contributed by atoms with Gasteiger partial charge in [-0.25, -0.2) is 18.9 Å². The van der Waals surface area contributed by atoms with Crippen LogP contribution in [0.3, 0.4) is 0 Å². The van der Waals surface area contributed by atoms with E-state index in [0.29, 0.717) is 23.2 Å². The summed E-state index contributed by atoms with van der Waals surface area (Å²) in [6.07, 6.45) is 8.86. The van der Waals surface area contributed by atoms with Gasteiger partial charge in [-0.3, -0.25) is 4.98 Å². The lowest BCUT2D eigenvalue weighted by atomic mass is 9.90. The summed E-state index contributed by atoms with van der Waals surface area (Å²) in [5.41, 5.74) is 0.722. The second-order valence-corrected chi connectivity index (χ2v) is 10.6. The molecule has 4 atom stereocenters. The highest BCUT2D eigenvalue weighted by atomic mass is 19.1. The smallest absolute Gasteiger partial charge is 0.407 e. The lowest BCUT2D eigenvalue weighted by Crippen LogP contribution is -2.50. The maximum atomic E-state index is 15.0. The summed E-state index contributed by atoms with van der Waals surface area (Å²) in [5, 5.41) is 23.0. The Balaban J connectivity index is 1.36. The van der Waals surface area contributed by atoms with Gasteiger partial charge in [-0.15, -0.1) is 0 Å². The Labute approximate surface area is 214 Å². The van der Waals surface area contributed by atoms with Crippen molar-refractivity contribution in [2.24, 2.45) is 11.8 Å². The van der Waals surface area contributed by atoms with Crippen molar-refractivity contribution in [2.45, 2.75) is 57.7 Å². The molecule has 3 aromatic heterocycles. The summed E-state index contributed by atoms with van der Waals surface area (Å²) in [6.45, 7) is 5.43. The number of rotatable bonds is 6. The standard InChI is InChI=1S/C26H29FN8O2/c1-26(2,3)37-25(36)33-22-10-16-7-15(16)9-21(22)32-24-20(27)8-17(12-28)23(34-24)31-18-11-19(14-29-13-18)35-6-4-5-30-35/h4-6,8,11,13-16,21-22H,7,9-10H2,1-3H3,(H,33,36)(H2,31,32,34)/t15?,16?,21-,22+/m0/s1. The lowest BCUT2D eigenvalue weighted by molar-refractivity contribution is 0.0487. The van der Waals surface area contributed by atoms with E-state index in [1.807, 2.05) is 26.8 Å². The Morgan fingerprint density at radius 3 is 2.65 bits per heavy atom. The molecule has 0 spiro atoms. The van der Waals surface area contributed by atoms with Gasteiger partial charge in [0.15, 0.2) is 17.5 Å². The molecule has 2 unspecified atom stereocenters. The third-order valence-corrected chi connectivity index (χ3v) is 6.54. The van der Waals surface area contributed by atoms with Crippen molar-refractivity contribution in [3.05, 3.63) is 54.4 Å². The zero-order valence-electron chi connectivity index (χ0n) is 20.9. The zero-order valence-corrected chi connectivity index (χ0v) is 20.9. The Morgan fingerprint density at radius 1 is 1.16 bits per heavy atom. The van der Waals surface area contributed by atoms with Crippen LogP contribution >= 0.6 is 0 Å². The highest BCUT2D eigenvalue weighted by molar-refractivity contribution is 5.69. The first-order valence-corrected chi connectivity index (χ1v) is 12.3. The van der Waals surface area contributed by atoms with E-state index in [1.165, 1.54) is 0 Å². The van der Waals surface area contributed by atoms with E-state index in [9.17, 15) is 10.1 Å². The van der Waals surface area contributed by atoms with Crippen LogP contribution in [0.25, 0.3) is 5.69 Å². The van der Waals surface area contributed by atoms with Gasteiger partial charge in [-0.05, 0) is 70.1 Å². The molecule has 2 saturated carbocycles. The topological polar surface area (TPSA) is 130 Å². The van der Waals surface area contributed by atoms with E-state index in [-0.39, 0.29) is 29.3 Å². The van der Waals surface area contributed by atoms with E-state index in [2.05, 4.69) is 31.0 Å². The van der Waals surface area contributed by atoms with Crippen molar-refractivity contribution in [1.29, 1.82) is 5.26 Å². The number of nitrogens with zero attached hydrogens (tertiary/aromatic N) is 5. The van der Waals surface area contributed by atoms with Crippen LogP contribution < -0.4 is 16.0 Å². The van der Waals surface area contributed by atoms with E-state index >= 15 is 4.39 Å². The van der Waals surface area contributed by atoms with Crippen LogP contribution in [0.4, 0.5) is 26.5 Å². The molecule has 11 heteroatoms. The van der Waals surface area contributed by atoms with Crippen molar-refractivity contribution in [2.75, 3.05) is 10.6 Å². The normalized spacial score (nSPS) is 22.4. The van der Waals surface area contributed by atoms with E-state index in [0.717, 1.165) is 25.3 Å². The number of amides is 1.